The second-order valence-electron chi connectivity index (χ2n) is 5.04. The summed E-state index contributed by atoms with van der Waals surface area (Å²) in [5, 5.41) is 9.87. The zero-order valence-corrected chi connectivity index (χ0v) is 11.3. The minimum absolute atomic E-state index is 0.122. The number of nitrogens with zero attached hydrogens (tertiary/aromatic N) is 1. The third-order valence-electron chi connectivity index (χ3n) is 3.66. The monoisotopic (exact) mass is 264 g/mol. The molecule has 19 heavy (non-hydrogen) atoms. The van der Waals surface area contributed by atoms with Crippen molar-refractivity contribution in [2.45, 2.75) is 19.4 Å². The smallest absolute Gasteiger partial charge is 0.257 e. The van der Waals surface area contributed by atoms with E-state index in [-0.39, 0.29) is 11.8 Å². The van der Waals surface area contributed by atoms with Gasteiger partial charge in [-0.1, -0.05) is 6.92 Å². The Bertz CT molecular complexity index is 476. The normalized spacial score (nSPS) is 23.2. The largest absolute Gasteiger partial charge is 0.496 e. The Morgan fingerprint density at radius 1 is 1.53 bits per heavy atom. The van der Waals surface area contributed by atoms with Gasteiger partial charge in [0.05, 0.1) is 18.8 Å². The van der Waals surface area contributed by atoms with Gasteiger partial charge in [-0.2, -0.15) is 0 Å². The number of ether oxygens (including phenoxy) is 1. The van der Waals surface area contributed by atoms with Crippen LogP contribution in [0, 0.1) is 5.92 Å². The summed E-state index contributed by atoms with van der Waals surface area (Å²) in [6.07, 6.45) is 0.349. The van der Waals surface area contributed by atoms with Gasteiger partial charge in [-0.15, -0.1) is 0 Å². The van der Waals surface area contributed by atoms with Crippen LogP contribution in [-0.4, -0.2) is 42.2 Å². The maximum atomic E-state index is 12.4. The summed E-state index contributed by atoms with van der Waals surface area (Å²) >= 11 is 0. The number of benzene rings is 1. The van der Waals surface area contributed by atoms with E-state index in [1.807, 2.05) is 6.92 Å². The Morgan fingerprint density at radius 2 is 2.26 bits per heavy atom. The molecule has 1 amide bonds. The van der Waals surface area contributed by atoms with Crippen LogP contribution in [0.5, 0.6) is 5.75 Å². The van der Waals surface area contributed by atoms with E-state index in [1.165, 1.54) is 7.11 Å². The number of rotatable bonds is 2. The molecule has 1 aliphatic heterocycles. The van der Waals surface area contributed by atoms with Gasteiger partial charge in [-0.25, -0.2) is 0 Å². The first kappa shape index (κ1) is 13.7. The summed E-state index contributed by atoms with van der Waals surface area (Å²) in [6, 6.07) is 4.98. The fraction of sp³-hybridized carbons (Fsp3) is 0.500. The van der Waals surface area contributed by atoms with Crippen LogP contribution in [0.2, 0.25) is 0 Å². The number of piperidine rings is 1. The van der Waals surface area contributed by atoms with Crippen molar-refractivity contribution in [3.8, 4) is 5.75 Å². The molecule has 0 aromatic heterocycles. The van der Waals surface area contributed by atoms with E-state index in [0.29, 0.717) is 30.1 Å². The maximum absolute atomic E-state index is 12.4. The third kappa shape index (κ3) is 2.81. The topological polar surface area (TPSA) is 75.8 Å². The molecule has 2 unspecified atom stereocenters. The summed E-state index contributed by atoms with van der Waals surface area (Å²) in [5.41, 5.74) is 6.72. The van der Waals surface area contributed by atoms with E-state index in [2.05, 4.69) is 0 Å². The van der Waals surface area contributed by atoms with Crippen molar-refractivity contribution in [1.82, 2.24) is 4.90 Å². The van der Waals surface area contributed by atoms with Gasteiger partial charge < -0.3 is 20.5 Å². The fourth-order valence-electron chi connectivity index (χ4n) is 2.29. The maximum Gasteiger partial charge on any atom is 0.257 e. The molecule has 5 nitrogen and oxygen atoms in total. The average molecular weight is 264 g/mol. The summed E-state index contributed by atoms with van der Waals surface area (Å²) in [7, 11) is 1.51. The highest BCUT2D eigenvalue weighted by molar-refractivity contribution is 5.97. The number of nitrogens with two attached hydrogens (primary N) is 1. The lowest BCUT2D eigenvalue weighted by molar-refractivity contribution is 0.0247. The van der Waals surface area contributed by atoms with Crippen molar-refractivity contribution in [3.63, 3.8) is 0 Å². The van der Waals surface area contributed by atoms with Gasteiger partial charge in [0.2, 0.25) is 0 Å². The zero-order chi connectivity index (χ0) is 14.0. The van der Waals surface area contributed by atoms with E-state index < -0.39 is 6.10 Å². The lowest BCUT2D eigenvalue weighted by Gasteiger charge is -2.34. The van der Waals surface area contributed by atoms with Crippen LogP contribution in [0.4, 0.5) is 5.69 Å². The fourth-order valence-corrected chi connectivity index (χ4v) is 2.29. The number of anilines is 1. The minimum atomic E-state index is -0.461. The number of aliphatic hydroxyl groups excluding tert-OH is 1. The molecule has 1 aromatic rings. The van der Waals surface area contributed by atoms with Gasteiger partial charge in [-0.05, 0) is 24.5 Å². The molecule has 1 fully saturated rings. The molecule has 0 saturated carbocycles. The Hall–Kier alpha value is -1.75. The quantitative estimate of drug-likeness (QED) is 0.785. The summed E-state index contributed by atoms with van der Waals surface area (Å²) in [4.78, 5) is 14.1. The van der Waals surface area contributed by atoms with Crippen LogP contribution in [0.25, 0.3) is 0 Å². The summed E-state index contributed by atoms with van der Waals surface area (Å²) in [6.45, 7) is 3.02. The highest BCUT2D eigenvalue weighted by atomic mass is 16.5. The molecule has 104 valence electrons. The number of hydrogen-bond donors (Lipinski definition) is 2. The van der Waals surface area contributed by atoms with Crippen LogP contribution >= 0.6 is 0 Å². The van der Waals surface area contributed by atoms with E-state index in [9.17, 15) is 9.90 Å². The molecule has 1 saturated heterocycles. The number of hydrogen-bond acceptors (Lipinski definition) is 4. The summed E-state index contributed by atoms with van der Waals surface area (Å²) in [5.74, 6) is 0.582. The molecule has 2 atom stereocenters. The Morgan fingerprint density at radius 3 is 2.89 bits per heavy atom. The molecule has 0 spiro atoms. The lowest BCUT2D eigenvalue weighted by atomic mass is 9.95. The predicted molar refractivity (Wildman–Crippen MR) is 73.1 cm³/mol. The average Bonchev–Trinajstić information content (AvgIpc) is 2.41. The van der Waals surface area contributed by atoms with Gasteiger partial charge in [-0.3, -0.25) is 4.79 Å². The van der Waals surface area contributed by atoms with Gasteiger partial charge in [0.1, 0.15) is 5.75 Å². The standard InChI is InChI=1S/C14H20N2O3/c1-9-5-6-16(8-12(9)17)14(18)11-4-3-10(15)7-13(11)19-2/h3-4,7,9,12,17H,5-6,8,15H2,1-2H3. The van der Waals surface area contributed by atoms with Crippen molar-refractivity contribution in [2.24, 2.45) is 5.92 Å². The molecule has 0 radical (unpaired) electrons. The Balaban J connectivity index is 2.20. The molecule has 1 aromatic carbocycles. The summed E-state index contributed by atoms with van der Waals surface area (Å²) < 4.78 is 5.20. The zero-order valence-electron chi connectivity index (χ0n) is 11.3. The van der Waals surface area contributed by atoms with E-state index in [0.717, 1.165) is 6.42 Å². The minimum Gasteiger partial charge on any atom is -0.496 e. The molecule has 0 bridgehead atoms. The second kappa shape index (κ2) is 5.48. The van der Waals surface area contributed by atoms with Gasteiger partial charge in [0, 0.05) is 24.8 Å². The van der Waals surface area contributed by atoms with Crippen LogP contribution in [0.15, 0.2) is 18.2 Å². The van der Waals surface area contributed by atoms with E-state index in [4.69, 9.17) is 10.5 Å². The molecule has 3 N–H and O–H groups in total. The number of amides is 1. The first-order valence-corrected chi connectivity index (χ1v) is 6.43. The number of methoxy groups -OCH3 is 1. The highest BCUT2D eigenvalue weighted by Crippen LogP contribution is 2.25. The van der Waals surface area contributed by atoms with Crippen LogP contribution in [-0.2, 0) is 0 Å². The predicted octanol–water partition coefficient (Wildman–Crippen LogP) is 1.12. The Kier molecular flexibility index (Phi) is 3.95. The number of β-amino-alcohol motifs (C(OH)–C–C–N with tert-alkyl or cyclic N) is 1. The van der Waals surface area contributed by atoms with E-state index in [1.54, 1.807) is 23.1 Å². The number of aliphatic hydroxyl groups is 1. The number of carbonyl (C=O) groups excluding carboxylic acids is 1. The molecular formula is C14H20N2O3. The van der Waals surface area contributed by atoms with Crippen molar-refractivity contribution < 1.29 is 14.6 Å². The number of likely N-dealkylation sites (tertiary alicyclic amines) is 1. The van der Waals surface area contributed by atoms with Gasteiger partial charge in [0.15, 0.2) is 0 Å². The van der Waals surface area contributed by atoms with Crippen LogP contribution in [0.3, 0.4) is 0 Å². The first-order valence-electron chi connectivity index (χ1n) is 6.43. The molecule has 1 aliphatic rings. The molecule has 5 heteroatoms. The highest BCUT2D eigenvalue weighted by Gasteiger charge is 2.29. The van der Waals surface area contributed by atoms with Gasteiger partial charge >= 0.3 is 0 Å². The van der Waals surface area contributed by atoms with Crippen LogP contribution in [0.1, 0.15) is 23.7 Å². The lowest BCUT2D eigenvalue weighted by Crippen LogP contribution is -2.45. The Labute approximate surface area is 113 Å². The SMILES string of the molecule is COc1cc(N)ccc1C(=O)N1CCC(C)C(O)C1. The van der Waals surface area contributed by atoms with Gasteiger partial charge in [0.25, 0.3) is 5.91 Å². The van der Waals surface area contributed by atoms with Crippen LogP contribution < -0.4 is 10.5 Å². The van der Waals surface area contributed by atoms with Crippen molar-refractivity contribution in [3.05, 3.63) is 23.8 Å². The molecular weight excluding hydrogens is 244 g/mol. The number of nitrogen functional groups attached to an aromatic ring is 1. The second-order valence-corrected chi connectivity index (χ2v) is 5.04. The molecule has 1 heterocycles. The molecule has 2 rings (SSSR count). The number of carbonyl (C=O) groups is 1. The van der Waals surface area contributed by atoms with Crippen molar-refractivity contribution >= 4 is 11.6 Å². The van der Waals surface area contributed by atoms with Crippen molar-refractivity contribution in [1.29, 1.82) is 0 Å². The van der Waals surface area contributed by atoms with E-state index >= 15 is 0 Å². The third-order valence-corrected chi connectivity index (χ3v) is 3.66. The first-order chi connectivity index (χ1) is 9.02. The van der Waals surface area contributed by atoms with Crippen molar-refractivity contribution in [2.75, 3.05) is 25.9 Å². The molecule has 0 aliphatic carbocycles.